The van der Waals surface area contributed by atoms with Gasteiger partial charge < -0.3 is 9.47 Å². The van der Waals surface area contributed by atoms with E-state index in [1.807, 2.05) is 24.3 Å². The van der Waals surface area contributed by atoms with E-state index in [9.17, 15) is 10.1 Å². The van der Waals surface area contributed by atoms with Crippen LogP contribution in [0, 0.1) is 10.1 Å². The molecule has 10 heteroatoms. The Kier molecular flexibility index (Phi) is 5.32. The number of tetrazole rings is 1. The van der Waals surface area contributed by atoms with Crippen molar-refractivity contribution in [1.82, 2.24) is 20.2 Å². The lowest BCUT2D eigenvalue weighted by Gasteiger charge is -2.08. The maximum absolute atomic E-state index is 11.0. The van der Waals surface area contributed by atoms with Crippen LogP contribution in [0.3, 0.4) is 0 Å². The molecule has 0 unspecified atom stereocenters. The number of methoxy groups -OCH3 is 2. The van der Waals surface area contributed by atoms with Crippen LogP contribution >= 0.6 is 11.8 Å². The van der Waals surface area contributed by atoms with Gasteiger partial charge in [-0.1, -0.05) is 11.8 Å². The molecular formula is C16H15N5O4S. The van der Waals surface area contributed by atoms with Crippen LogP contribution in [0.1, 0.15) is 5.56 Å². The average molecular weight is 373 g/mol. The fraction of sp³-hybridized carbons (Fsp3) is 0.188. The zero-order valence-corrected chi connectivity index (χ0v) is 14.8. The summed E-state index contributed by atoms with van der Waals surface area (Å²) in [6.07, 6.45) is 0. The number of thioether (sulfide) groups is 1. The first-order chi connectivity index (χ1) is 12.6. The summed E-state index contributed by atoms with van der Waals surface area (Å²) in [6.45, 7) is 0. The molecule has 3 aromatic rings. The molecule has 3 rings (SSSR count). The predicted molar refractivity (Wildman–Crippen MR) is 94.9 cm³/mol. The summed E-state index contributed by atoms with van der Waals surface area (Å²) >= 11 is 1.35. The van der Waals surface area contributed by atoms with Crippen molar-refractivity contribution in [2.24, 2.45) is 0 Å². The molecular weight excluding hydrogens is 358 g/mol. The van der Waals surface area contributed by atoms with Crippen LogP contribution in [-0.4, -0.2) is 39.4 Å². The highest BCUT2D eigenvalue weighted by Crippen LogP contribution is 2.30. The first kappa shape index (κ1) is 17.7. The standard InChI is InChI=1S/C16H15N5O4S/c1-24-14-6-3-12(4-7-14)20-16(17-18-19-20)26-10-11-9-13(21(22)23)5-8-15(11)25-2/h3-9H,10H2,1-2H3. The number of non-ortho nitro benzene ring substituents is 1. The molecule has 0 saturated carbocycles. The monoisotopic (exact) mass is 373 g/mol. The zero-order valence-electron chi connectivity index (χ0n) is 14.0. The Hall–Kier alpha value is -3.14. The zero-order chi connectivity index (χ0) is 18.5. The molecule has 0 amide bonds. The second-order valence-electron chi connectivity index (χ2n) is 5.11. The molecule has 0 saturated heterocycles. The number of nitrogens with zero attached hydrogens (tertiary/aromatic N) is 5. The van der Waals surface area contributed by atoms with Gasteiger partial charge in [-0.05, 0) is 40.8 Å². The number of aromatic nitrogens is 4. The molecule has 0 spiro atoms. The van der Waals surface area contributed by atoms with Crippen LogP contribution in [0.5, 0.6) is 11.5 Å². The van der Waals surface area contributed by atoms with Crippen molar-refractivity contribution in [1.29, 1.82) is 0 Å². The number of ether oxygens (including phenoxy) is 2. The van der Waals surface area contributed by atoms with E-state index in [1.54, 1.807) is 17.9 Å². The minimum Gasteiger partial charge on any atom is -0.497 e. The second kappa shape index (κ2) is 7.83. The van der Waals surface area contributed by atoms with Gasteiger partial charge in [-0.3, -0.25) is 10.1 Å². The van der Waals surface area contributed by atoms with Crippen molar-refractivity contribution in [3.8, 4) is 17.2 Å². The smallest absolute Gasteiger partial charge is 0.270 e. The van der Waals surface area contributed by atoms with E-state index in [4.69, 9.17) is 9.47 Å². The van der Waals surface area contributed by atoms with Crippen LogP contribution in [0.25, 0.3) is 5.69 Å². The van der Waals surface area contributed by atoms with Gasteiger partial charge in [0.1, 0.15) is 11.5 Å². The van der Waals surface area contributed by atoms with Gasteiger partial charge in [0.2, 0.25) is 5.16 Å². The minimum absolute atomic E-state index is 0.0103. The Morgan fingerprint density at radius 1 is 1.15 bits per heavy atom. The Labute approximate surface area is 153 Å². The van der Waals surface area contributed by atoms with Gasteiger partial charge in [0.15, 0.2) is 0 Å². The molecule has 0 aliphatic carbocycles. The van der Waals surface area contributed by atoms with Crippen LogP contribution < -0.4 is 9.47 Å². The highest BCUT2D eigenvalue weighted by molar-refractivity contribution is 7.98. The van der Waals surface area contributed by atoms with Crippen molar-refractivity contribution < 1.29 is 14.4 Å². The van der Waals surface area contributed by atoms with Gasteiger partial charge in [-0.15, -0.1) is 5.10 Å². The maximum atomic E-state index is 11.0. The average Bonchev–Trinajstić information content (AvgIpc) is 3.14. The third-order valence-electron chi connectivity index (χ3n) is 3.59. The van der Waals surface area contributed by atoms with Crippen LogP contribution in [0.2, 0.25) is 0 Å². The number of hydrogen-bond acceptors (Lipinski definition) is 8. The maximum Gasteiger partial charge on any atom is 0.270 e. The van der Waals surface area contributed by atoms with Gasteiger partial charge in [0.05, 0.1) is 24.8 Å². The molecule has 0 aliphatic heterocycles. The van der Waals surface area contributed by atoms with Crippen LogP contribution in [0.15, 0.2) is 47.6 Å². The van der Waals surface area contributed by atoms with Gasteiger partial charge in [0, 0.05) is 23.4 Å². The largest absolute Gasteiger partial charge is 0.497 e. The third kappa shape index (κ3) is 3.75. The fourth-order valence-electron chi connectivity index (χ4n) is 2.29. The van der Waals surface area contributed by atoms with Gasteiger partial charge in [-0.25, -0.2) is 0 Å². The van der Waals surface area contributed by atoms with E-state index in [1.165, 1.54) is 31.0 Å². The van der Waals surface area contributed by atoms with Gasteiger partial charge in [0.25, 0.3) is 5.69 Å². The fourth-order valence-corrected chi connectivity index (χ4v) is 3.16. The van der Waals surface area contributed by atoms with Gasteiger partial charge >= 0.3 is 0 Å². The van der Waals surface area contributed by atoms with Crippen molar-refractivity contribution in [2.75, 3.05) is 14.2 Å². The lowest BCUT2D eigenvalue weighted by Crippen LogP contribution is -2.00. The Morgan fingerprint density at radius 3 is 2.58 bits per heavy atom. The topological polar surface area (TPSA) is 105 Å². The molecule has 134 valence electrons. The third-order valence-corrected chi connectivity index (χ3v) is 4.56. The number of rotatable bonds is 7. The molecule has 0 N–H and O–H groups in total. The Morgan fingerprint density at radius 2 is 1.92 bits per heavy atom. The summed E-state index contributed by atoms with van der Waals surface area (Å²) in [5, 5.41) is 23.3. The van der Waals surface area contributed by atoms with Crippen molar-refractivity contribution in [2.45, 2.75) is 10.9 Å². The molecule has 26 heavy (non-hydrogen) atoms. The van der Waals surface area contributed by atoms with E-state index < -0.39 is 4.92 Å². The lowest BCUT2D eigenvalue weighted by molar-refractivity contribution is -0.384. The molecule has 1 heterocycles. The Balaban J connectivity index is 1.82. The first-order valence-electron chi connectivity index (χ1n) is 7.49. The highest BCUT2D eigenvalue weighted by Gasteiger charge is 2.14. The van der Waals surface area contributed by atoms with E-state index in [0.29, 0.717) is 22.2 Å². The highest BCUT2D eigenvalue weighted by atomic mass is 32.2. The van der Waals surface area contributed by atoms with Crippen LogP contribution in [-0.2, 0) is 5.75 Å². The van der Waals surface area contributed by atoms with Crippen molar-refractivity contribution in [3.63, 3.8) is 0 Å². The molecule has 0 bridgehead atoms. The molecule has 0 fully saturated rings. The molecule has 0 aliphatic rings. The molecule has 0 radical (unpaired) electrons. The minimum atomic E-state index is -0.435. The summed E-state index contributed by atoms with van der Waals surface area (Å²) in [6, 6.07) is 11.8. The lowest BCUT2D eigenvalue weighted by atomic mass is 10.2. The van der Waals surface area contributed by atoms with E-state index >= 15 is 0 Å². The number of benzene rings is 2. The normalized spacial score (nSPS) is 10.5. The predicted octanol–water partition coefficient (Wildman–Crippen LogP) is 2.88. The van der Waals surface area contributed by atoms with Crippen molar-refractivity contribution in [3.05, 3.63) is 58.1 Å². The SMILES string of the molecule is COc1ccc(-n2nnnc2SCc2cc([N+](=O)[O-])ccc2OC)cc1. The summed E-state index contributed by atoms with van der Waals surface area (Å²) in [5.41, 5.74) is 1.48. The summed E-state index contributed by atoms with van der Waals surface area (Å²) in [7, 11) is 3.12. The van der Waals surface area contributed by atoms with Gasteiger partial charge in [-0.2, -0.15) is 4.68 Å². The number of hydrogen-bond donors (Lipinski definition) is 0. The summed E-state index contributed by atoms with van der Waals surface area (Å²) < 4.78 is 12.0. The molecule has 0 atom stereocenters. The quantitative estimate of drug-likeness (QED) is 0.354. The molecule has 2 aromatic carbocycles. The molecule has 1 aromatic heterocycles. The molecule has 9 nitrogen and oxygen atoms in total. The number of nitro groups is 1. The van der Waals surface area contributed by atoms with E-state index in [-0.39, 0.29) is 5.69 Å². The summed E-state index contributed by atoms with van der Waals surface area (Å²) in [4.78, 5) is 10.6. The summed E-state index contributed by atoms with van der Waals surface area (Å²) in [5.74, 6) is 1.73. The Bertz CT molecular complexity index is 913. The second-order valence-corrected chi connectivity index (χ2v) is 6.06. The van der Waals surface area contributed by atoms with Crippen LogP contribution in [0.4, 0.5) is 5.69 Å². The van der Waals surface area contributed by atoms with E-state index in [0.717, 1.165) is 11.4 Å². The first-order valence-corrected chi connectivity index (χ1v) is 8.48. The van der Waals surface area contributed by atoms with Crippen molar-refractivity contribution >= 4 is 17.4 Å². The van der Waals surface area contributed by atoms with E-state index in [2.05, 4.69) is 15.5 Å². The number of nitro benzene ring substituents is 1.